The molecule has 0 bridgehead atoms. The number of aryl methyl sites for hydroxylation is 1. The number of nitrogens with zero attached hydrogens (tertiary/aromatic N) is 2. The summed E-state index contributed by atoms with van der Waals surface area (Å²) in [5.74, 6) is -2.72. The molecule has 3 N–H and O–H groups in total. The van der Waals surface area contributed by atoms with Crippen LogP contribution in [0.25, 0.3) is 0 Å². The molecule has 0 radical (unpaired) electrons. The first-order valence-corrected chi connectivity index (χ1v) is 10.6. The maximum Gasteiger partial charge on any atom is 0.306 e. The summed E-state index contributed by atoms with van der Waals surface area (Å²) in [6, 6.07) is 4.65. The van der Waals surface area contributed by atoms with Crippen LogP contribution < -0.4 is 0 Å². The third-order valence-corrected chi connectivity index (χ3v) is 6.08. The molecule has 0 amide bonds. The number of aromatic hydroxyl groups is 3. The summed E-state index contributed by atoms with van der Waals surface area (Å²) in [6.45, 7) is 3.07. The number of methoxy groups -OCH3 is 1. The van der Waals surface area contributed by atoms with E-state index in [0.29, 0.717) is 22.4 Å². The summed E-state index contributed by atoms with van der Waals surface area (Å²) in [4.78, 5) is 32.9. The molecule has 9 heteroatoms. The van der Waals surface area contributed by atoms with Gasteiger partial charge in [-0.3, -0.25) is 19.6 Å². The summed E-state index contributed by atoms with van der Waals surface area (Å²) >= 11 is 0. The number of phenolic OH excluding ortho intramolecular Hbond substituents is 2. The largest absolute Gasteiger partial charge is 0.507 e. The second kappa shape index (κ2) is 9.11. The van der Waals surface area contributed by atoms with Gasteiger partial charge in [-0.1, -0.05) is 0 Å². The Bertz CT molecular complexity index is 1270. The molecule has 3 heterocycles. The van der Waals surface area contributed by atoms with Crippen molar-refractivity contribution >= 4 is 11.8 Å². The van der Waals surface area contributed by atoms with Crippen molar-refractivity contribution in [3.05, 3.63) is 75.9 Å². The third-order valence-electron chi connectivity index (χ3n) is 6.08. The molecule has 34 heavy (non-hydrogen) atoms. The molecule has 0 unspecified atom stereocenters. The number of Topliss-reactive ketones (excluding diaryl/α,β-unsaturated/α-hetero) is 1. The number of aromatic nitrogens is 2. The molecule has 0 saturated carbocycles. The van der Waals surface area contributed by atoms with Crippen LogP contribution in [0.2, 0.25) is 0 Å². The molecule has 4 rings (SSSR count). The molecule has 0 aliphatic carbocycles. The fraction of sp³-hybridized carbons (Fsp3) is 0.280. The summed E-state index contributed by atoms with van der Waals surface area (Å²) in [6.07, 6.45) is 3.51. The Morgan fingerprint density at radius 1 is 1.18 bits per heavy atom. The Morgan fingerprint density at radius 3 is 2.53 bits per heavy atom. The van der Waals surface area contributed by atoms with Gasteiger partial charge in [-0.05, 0) is 37.6 Å². The van der Waals surface area contributed by atoms with E-state index in [4.69, 9.17) is 9.47 Å². The van der Waals surface area contributed by atoms with Gasteiger partial charge in [0.1, 0.15) is 23.4 Å². The predicted octanol–water partition coefficient (Wildman–Crippen LogP) is 3.42. The highest BCUT2D eigenvalue weighted by Crippen LogP contribution is 2.50. The van der Waals surface area contributed by atoms with Crippen molar-refractivity contribution in [3.63, 3.8) is 0 Å². The Hall–Kier alpha value is -3.98. The zero-order valence-corrected chi connectivity index (χ0v) is 18.9. The van der Waals surface area contributed by atoms with Crippen molar-refractivity contribution < 1.29 is 34.4 Å². The molecule has 3 aromatic rings. The smallest absolute Gasteiger partial charge is 0.306 e. The SMILES string of the molecule is COC(=O)C[C@H](c1ccncc1)c1c(O)c(C(C)=O)cc([C@@H]2OCc3cnc(C)c(O)c32)c1O. The average molecular weight is 464 g/mol. The van der Waals surface area contributed by atoms with E-state index in [2.05, 4.69) is 9.97 Å². The highest BCUT2D eigenvalue weighted by atomic mass is 16.5. The molecule has 1 aromatic carbocycles. The van der Waals surface area contributed by atoms with E-state index in [1.54, 1.807) is 25.3 Å². The molecule has 1 aliphatic rings. The Kier molecular flexibility index (Phi) is 6.21. The second-order valence-electron chi connectivity index (χ2n) is 8.12. The van der Waals surface area contributed by atoms with Gasteiger partial charge < -0.3 is 24.8 Å². The van der Waals surface area contributed by atoms with Gasteiger partial charge in [-0.15, -0.1) is 0 Å². The van der Waals surface area contributed by atoms with Gasteiger partial charge in [0, 0.05) is 46.8 Å². The highest BCUT2D eigenvalue weighted by molar-refractivity contribution is 5.98. The maximum atomic E-state index is 12.5. The van der Waals surface area contributed by atoms with Crippen LogP contribution in [0, 0.1) is 6.92 Å². The number of hydrogen-bond acceptors (Lipinski definition) is 9. The molecule has 0 saturated heterocycles. The van der Waals surface area contributed by atoms with Crippen molar-refractivity contribution in [2.45, 2.75) is 38.9 Å². The minimum Gasteiger partial charge on any atom is -0.507 e. The molecule has 0 fully saturated rings. The molecule has 1 aliphatic heterocycles. The fourth-order valence-electron chi connectivity index (χ4n) is 4.30. The predicted molar refractivity (Wildman–Crippen MR) is 120 cm³/mol. The second-order valence-corrected chi connectivity index (χ2v) is 8.12. The maximum absolute atomic E-state index is 12.5. The van der Waals surface area contributed by atoms with Crippen LogP contribution >= 0.6 is 0 Å². The van der Waals surface area contributed by atoms with E-state index in [9.17, 15) is 24.9 Å². The van der Waals surface area contributed by atoms with Gasteiger partial charge in [-0.25, -0.2) is 0 Å². The lowest BCUT2D eigenvalue weighted by Crippen LogP contribution is -2.13. The number of fused-ring (bicyclic) bond motifs is 1. The highest BCUT2D eigenvalue weighted by Gasteiger charge is 2.36. The summed E-state index contributed by atoms with van der Waals surface area (Å²) in [5.41, 5.74) is 2.17. The van der Waals surface area contributed by atoms with Crippen LogP contribution in [-0.2, 0) is 20.9 Å². The van der Waals surface area contributed by atoms with Gasteiger partial charge in [0.15, 0.2) is 5.78 Å². The number of phenols is 2. The summed E-state index contributed by atoms with van der Waals surface area (Å²) in [5, 5.41) is 33.2. The molecule has 2 aromatic heterocycles. The molecule has 9 nitrogen and oxygen atoms in total. The number of esters is 1. The standard InChI is InChI=1S/C25H24N2O7/c1-12-22(30)20-15(10-27-12)11-34-25(20)18-8-16(13(2)28)23(31)21(24(18)32)17(9-19(29)33-3)14-4-6-26-7-5-14/h4-8,10,17,25,30-32H,9,11H2,1-3H3/t17-,25+/m1/s1. The number of hydrogen-bond donors (Lipinski definition) is 3. The van der Waals surface area contributed by atoms with Gasteiger partial charge in [-0.2, -0.15) is 0 Å². The zero-order chi connectivity index (χ0) is 24.6. The first kappa shape index (κ1) is 23.2. The van der Waals surface area contributed by atoms with Crippen molar-refractivity contribution in [1.29, 1.82) is 0 Å². The number of benzene rings is 1. The van der Waals surface area contributed by atoms with E-state index in [-0.39, 0.29) is 41.2 Å². The zero-order valence-electron chi connectivity index (χ0n) is 18.9. The topological polar surface area (TPSA) is 139 Å². The summed E-state index contributed by atoms with van der Waals surface area (Å²) < 4.78 is 10.7. The number of pyridine rings is 2. The van der Waals surface area contributed by atoms with Crippen LogP contribution in [-0.4, -0.2) is 44.1 Å². The summed E-state index contributed by atoms with van der Waals surface area (Å²) in [7, 11) is 1.24. The van der Waals surface area contributed by atoms with Crippen LogP contribution in [0.15, 0.2) is 36.8 Å². The lowest BCUT2D eigenvalue weighted by molar-refractivity contribution is -0.140. The normalized spacial score (nSPS) is 15.6. The van der Waals surface area contributed by atoms with E-state index < -0.39 is 29.5 Å². The van der Waals surface area contributed by atoms with E-state index in [0.717, 1.165) is 0 Å². The number of ketones is 1. The van der Waals surface area contributed by atoms with Gasteiger partial charge >= 0.3 is 5.97 Å². The van der Waals surface area contributed by atoms with Crippen molar-refractivity contribution in [2.75, 3.05) is 7.11 Å². The average Bonchev–Trinajstić information content (AvgIpc) is 3.25. The lowest BCUT2D eigenvalue weighted by Gasteiger charge is -2.24. The number of carbonyl (C=O) groups excluding carboxylic acids is 2. The number of rotatable bonds is 6. The molecular weight excluding hydrogens is 440 g/mol. The minimum absolute atomic E-state index is 0.0124. The van der Waals surface area contributed by atoms with Crippen molar-refractivity contribution in [2.24, 2.45) is 0 Å². The minimum atomic E-state index is -0.912. The molecular formula is C25H24N2O7. The first-order valence-electron chi connectivity index (χ1n) is 10.6. The van der Waals surface area contributed by atoms with Crippen LogP contribution in [0.4, 0.5) is 0 Å². The van der Waals surface area contributed by atoms with Crippen LogP contribution in [0.5, 0.6) is 17.2 Å². The third kappa shape index (κ3) is 3.94. The Balaban J connectivity index is 1.98. The first-order chi connectivity index (χ1) is 16.2. The quantitative estimate of drug-likeness (QED) is 0.370. The van der Waals surface area contributed by atoms with Gasteiger partial charge in [0.05, 0.1) is 31.4 Å². The van der Waals surface area contributed by atoms with Crippen molar-refractivity contribution in [1.82, 2.24) is 9.97 Å². The lowest BCUT2D eigenvalue weighted by atomic mass is 9.83. The fourth-order valence-corrected chi connectivity index (χ4v) is 4.30. The van der Waals surface area contributed by atoms with E-state index in [1.807, 2.05) is 0 Å². The molecule has 176 valence electrons. The van der Waals surface area contributed by atoms with E-state index in [1.165, 1.54) is 32.5 Å². The van der Waals surface area contributed by atoms with Gasteiger partial charge in [0.25, 0.3) is 0 Å². The van der Waals surface area contributed by atoms with E-state index >= 15 is 0 Å². The molecule has 2 atom stereocenters. The Labute approximate surface area is 195 Å². The monoisotopic (exact) mass is 464 g/mol. The van der Waals surface area contributed by atoms with Gasteiger partial charge in [0.2, 0.25) is 0 Å². The van der Waals surface area contributed by atoms with Crippen molar-refractivity contribution in [3.8, 4) is 17.2 Å². The molecule has 0 spiro atoms. The Morgan fingerprint density at radius 2 is 1.88 bits per heavy atom. The van der Waals surface area contributed by atoms with Crippen LogP contribution in [0.3, 0.4) is 0 Å². The number of ether oxygens (including phenoxy) is 2. The van der Waals surface area contributed by atoms with Crippen LogP contribution in [0.1, 0.15) is 69.2 Å². The number of carbonyl (C=O) groups is 2.